The summed E-state index contributed by atoms with van der Waals surface area (Å²) in [4.78, 5) is 18.8. The summed E-state index contributed by atoms with van der Waals surface area (Å²) in [5.74, 6) is -1.81. The van der Waals surface area contributed by atoms with Crippen molar-refractivity contribution in [2.45, 2.75) is 30.8 Å². The van der Waals surface area contributed by atoms with Crippen molar-refractivity contribution in [3.8, 4) is 11.3 Å². The third kappa shape index (κ3) is 3.95. The first-order valence-corrected chi connectivity index (χ1v) is 11.0. The number of aliphatic hydroxyl groups is 1. The molecule has 1 saturated heterocycles. The monoisotopic (exact) mass is 519 g/mol. The normalized spacial score (nSPS) is 21.8. The minimum absolute atomic E-state index is 0.0881. The molecule has 9 nitrogen and oxygen atoms in total. The maximum Gasteiger partial charge on any atom is 0.408 e. The van der Waals surface area contributed by atoms with Crippen molar-refractivity contribution in [1.29, 1.82) is 0 Å². The number of likely N-dealkylation sites (N-methyl/N-ethyl adjacent to an activating group) is 1. The van der Waals surface area contributed by atoms with Crippen LogP contribution < -0.4 is 10.6 Å². The number of aromatic nitrogens is 2. The van der Waals surface area contributed by atoms with Crippen LogP contribution in [-0.4, -0.2) is 52.4 Å². The van der Waals surface area contributed by atoms with Crippen LogP contribution in [0.25, 0.3) is 17.0 Å². The maximum absolute atomic E-state index is 14.9. The Labute approximate surface area is 207 Å². The molecular weight excluding hydrogens is 498 g/mol. The molecule has 2 aliphatic rings. The molecule has 1 fully saturated rings. The number of nitrogen functional groups attached to an aromatic ring is 1. The van der Waals surface area contributed by atoms with E-state index in [1.807, 2.05) is 0 Å². The van der Waals surface area contributed by atoms with Crippen LogP contribution in [0.5, 0.6) is 0 Å². The number of carbonyl (C=O) groups excluding carboxylic acids is 1. The predicted octanol–water partition coefficient (Wildman–Crippen LogP) is 3.40. The van der Waals surface area contributed by atoms with Crippen molar-refractivity contribution < 1.29 is 36.7 Å². The summed E-state index contributed by atoms with van der Waals surface area (Å²) in [6.07, 6.45) is -2.57. The molecule has 0 bridgehead atoms. The van der Waals surface area contributed by atoms with E-state index in [1.54, 1.807) is 17.2 Å². The van der Waals surface area contributed by atoms with Gasteiger partial charge in [0.25, 0.3) is 5.91 Å². The lowest BCUT2D eigenvalue weighted by Crippen LogP contribution is -2.41. The molecule has 0 saturated carbocycles. The molecule has 3 aromatic rings. The van der Waals surface area contributed by atoms with E-state index in [1.165, 1.54) is 37.6 Å². The van der Waals surface area contributed by atoms with Gasteiger partial charge in [0.05, 0.1) is 19.3 Å². The Hall–Kier alpha value is -4.13. The van der Waals surface area contributed by atoms with Gasteiger partial charge in [-0.3, -0.25) is 9.78 Å². The van der Waals surface area contributed by atoms with E-state index in [0.717, 1.165) is 7.05 Å². The summed E-state index contributed by atoms with van der Waals surface area (Å²) in [6, 6.07) is 4.64. The van der Waals surface area contributed by atoms with Crippen molar-refractivity contribution in [3.05, 3.63) is 65.6 Å². The Balaban J connectivity index is 1.49. The van der Waals surface area contributed by atoms with Crippen LogP contribution in [0.1, 0.15) is 23.4 Å². The molecule has 2 aromatic heterocycles. The van der Waals surface area contributed by atoms with E-state index in [0.29, 0.717) is 33.2 Å². The number of rotatable bonds is 4. The van der Waals surface area contributed by atoms with Crippen LogP contribution in [0, 0.1) is 5.82 Å². The summed E-state index contributed by atoms with van der Waals surface area (Å²) in [5, 5.41) is 14.7. The van der Waals surface area contributed by atoms with Crippen LogP contribution >= 0.6 is 0 Å². The van der Waals surface area contributed by atoms with E-state index in [9.17, 15) is 27.5 Å². The SMILES string of the molecule is COC1=CN(c2cc(-c3cc([C@]4(O)C[C@@H](C(F)(F)F)N(C)C4=O)on3)ccc2F)Cc2c(N)ccnc21. The molecule has 0 aliphatic carbocycles. The number of amides is 1. The number of nitrogens with zero attached hydrogens (tertiary/aromatic N) is 4. The molecule has 0 radical (unpaired) electrons. The highest BCUT2D eigenvalue weighted by Gasteiger charge is 2.60. The number of methoxy groups -OCH3 is 1. The number of ether oxygens (including phenoxy) is 1. The molecule has 2 aliphatic heterocycles. The molecule has 0 spiro atoms. The Morgan fingerprint density at radius 1 is 1.27 bits per heavy atom. The second-order valence-electron chi connectivity index (χ2n) is 8.83. The summed E-state index contributed by atoms with van der Waals surface area (Å²) in [7, 11) is 2.41. The highest BCUT2D eigenvalue weighted by molar-refractivity contribution is 5.88. The van der Waals surface area contributed by atoms with Gasteiger partial charge in [0.15, 0.2) is 11.5 Å². The third-order valence-electron chi connectivity index (χ3n) is 6.62. The second-order valence-corrected chi connectivity index (χ2v) is 8.83. The van der Waals surface area contributed by atoms with Gasteiger partial charge in [-0.15, -0.1) is 0 Å². The van der Waals surface area contributed by atoms with Crippen LogP contribution in [0.2, 0.25) is 0 Å². The lowest BCUT2D eigenvalue weighted by molar-refractivity contribution is -0.177. The molecule has 37 heavy (non-hydrogen) atoms. The van der Waals surface area contributed by atoms with Crippen LogP contribution in [-0.2, 0) is 21.7 Å². The molecule has 1 amide bonds. The van der Waals surface area contributed by atoms with Crippen molar-refractivity contribution in [3.63, 3.8) is 0 Å². The predicted molar refractivity (Wildman–Crippen MR) is 123 cm³/mol. The zero-order valence-corrected chi connectivity index (χ0v) is 19.6. The van der Waals surface area contributed by atoms with Gasteiger partial charge in [-0.05, 0) is 24.3 Å². The largest absolute Gasteiger partial charge is 0.493 e. The Morgan fingerprint density at radius 3 is 2.70 bits per heavy atom. The molecule has 4 heterocycles. The van der Waals surface area contributed by atoms with Crippen molar-refractivity contribution in [2.75, 3.05) is 24.8 Å². The number of fused-ring (bicyclic) bond motifs is 1. The summed E-state index contributed by atoms with van der Waals surface area (Å²) >= 11 is 0. The second kappa shape index (κ2) is 8.47. The molecule has 1 aromatic carbocycles. The minimum atomic E-state index is -4.73. The third-order valence-corrected chi connectivity index (χ3v) is 6.62. The minimum Gasteiger partial charge on any atom is -0.493 e. The van der Waals surface area contributed by atoms with Gasteiger partial charge in [-0.25, -0.2) is 4.39 Å². The van der Waals surface area contributed by atoms with Crippen molar-refractivity contribution in [1.82, 2.24) is 15.0 Å². The number of pyridine rings is 1. The number of benzene rings is 1. The number of nitrogens with two attached hydrogens (primary N) is 1. The zero-order chi connectivity index (χ0) is 26.7. The Kier molecular flexibility index (Phi) is 5.62. The van der Waals surface area contributed by atoms with Gasteiger partial charge in [0, 0.05) is 48.7 Å². The molecule has 0 unspecified atom stereocenters. The molecule has 5 rings (SSSR count). The number of likely N-dealkylation sites (tertiary alicyclic amines) is 1. The van der Waals surface area contributed by atoms with E-state index < -0.39 is 41.7 Å². The number of anilines is 2. The molecular formula is C24H21F4N5O4. The van der Waals surface area contributed by atoms with Crippen LogP contribution in [0.4, 0.5) is 28.9 Å². The zero-order valence-electron chi connectivity index (χ0n) is 19.6. The Bertz CT molecular complexity index is 1420. The number of hydrogen-bond acceptors (Lipinski definition) is 8. The smallest absolute Gasteiger partial charge is 0.408 e. The maximum atomic E-state index is 14.9. The van der Waals surface area contributed by atoms with Crippen molar-refractivity contribution in [2.24, 2.45) is 0 Å². The number of alkyl halides is 3. The highest BCUT2D eigenvalue weighted by atomic mass is 19.4. The molecule has 13 heteroatoms. The van der Waals surface area contributed by atoms with Gasteiger partial charge in [-0.1, -0.05) is 5.16 Å². The summed E-state index contributed by atoms with van der Waals surface area (Å²) in [6.45, 7) is 0.186. The van der Waals surface area contributed by atoms with E-state index in [-0.39, 0.29) is 17.9 Å². The van der Waals surface area contributed by atoms with Gasteiger partial charge in [-0.2, -0.15) is 13.2 Å². The van der Waals surface area contributed by atoms with Gasteiger partial charge < -0.3 is 29.9 Å². The van der Waals surface area contributed by atoms with Crippen LogP contribution in [0.3, 0.4) is 0 Å². The van der Waals surface area contributed by atoms with Gasteiger partial charge >= 0.3 is 6.18 Å². The van der Waals surface area contributed by atoms with E-state index >= 15 is 0 Å². The number of carbonyl (C=O) groups is 1. The standard InChI is InChI=1S/C24H21F4N5O4/c1-32-19(24(26,27)28)9-23(35,22(32)34)20-8-16(31-37-20)12-3-4-14(25)17(7-12)33-10-13-15(29)5-6-30-21(13)18(11-33)36-2/h3-8,11,19,35H,9-10H2,1-2H3,(H2,29,30)/t19-,23+/m0/s1. The highest BCUT2D eigenvalue weighted by Crippen LogP contribution is 2.43. The average Bonchev–Trinajstić information content (AvgIpc) is 3.45. The topological polar surface area (TPSA) is 118 Å². The molecule has 3 N–H and O–H groups in total. The first kappa shape index (κ1) is 24.6. The lowest BCUT2D eigenvalue weighted by atomic mass is 9.95. The van der Waals surface area contributed by atoms with Gasteiger partial charge in [0.1, 0.15) is 23.2 Å². The fourth-order valence-electron chi connectivity index (χ4n) is 4.59. The lowest BCUT2D eigenvalue weighted by Gasteiger charge is -2.28. The van der Waals surface area contributed by atoms with Crippen LogP contribution in [0.15, 0.2) is 47.3 Å². The first-order valence-electron chi connectivity index (χ1n) is 11.0. The Morgan fingerprint density at radius 2 is 2.03 bits per heavy atom. The first-order chi connectivity index (χ1) is 17.4. The average molecular weight is 519 g/mol. The van der Waals surface area contributed by atoms with E-state index in [2.05, 4.69) is 10.1 Å². The number of halogens is 4. The molecule has 194 valence electrons. The fourth-order valence-corrected chi connectivity index (χ4v) is 4.59. The molecule has 2 atom stereocenters. The summed E-state index contributed by atoms with van der Waals surface area (Å²) in [5.41, 5.74) is 5.73. The summed E-state index contributed by atoms with van der Waals surface area (Å²) < 4.78 is 65.4. The quantitative estimate of drug-likeness (QED) is 0.504. The van der Waals surface area contributed by atoms with Gasteiger partial charge in [0.2, 0.25) is 5.60 Å². The fraction of sp³-hybridized carbons (Fsp3) is 0.292. The van der Waals surface area contributed by atoms with E-state index in [4.69, 9.17) is 15.0 Å². The van der Waals surface area contributed by atoms with Crippen molar-refractivity contribution >= 4 is 23.0 Å². The number of hydrogen-bond donors (Lipinski definition) is 2.